The Morgan fingerprint density at radius 3 is 3.00 bits per heavy atom. The van der Waals surface area contributed by atoms with Crippen molar-refractivity contribution in [2.45, 2.75) is 26.4 Å². The molecule has 0 saturated carbocycles. The molecule has 0 aliphatic carbocycles. The average Bonchev–Trinajstić information content (AvgIpc) is 2.76. The minimum absolute atomic E-state index is 0.261. The quantitative estimate of drug-likeness (QED) is 0.666. The average molecular weight is 319 g/mol. The molecule has 0 bridgehead atoms. The first-order chi connectivity index (χ1) is 9.45. The van der Waals surface area contributed by atoms with Crippen LogP contribution in [0.3, 0.4) is 0 Å². The summed E-state index contributed by atoms with van der Waals surface area (Å²) < 4.78 is 0.457. The molecule has 0 radical (unpaired) electrons. The largest absolute Gasteiger partial charge is 0.338 e. The first kappa shape index (κ1) is 14.9. The number of hydrazone groups is 1. The van der Waals surface area contributed by atoms with Gasteiger partial charge in [-0.15, -0.1) is 11.3 Å². The summed E-state index contributed by atoms with van der Waals surface area (Å²) in [5.74, 6) is 0.261. The Morgan fingerprint density at radius 1 is 1.70 bits per heavy atom. The smallest absolute Gasteiger partial charge is 0.273 e. The van der Waals surface area contributed by atoms with Crippen LogP contribution in [0.4, 0.5) is 0 Å². The summed E-state index contributed by atoms with van der Waals surface area (Å²) >= 11 is 7.16. The Morgan fingerprint density at radius 2 is 2.45 bits per heavy atom. The first-order valence-corrected chi connectivity index (χ1v) is 7.21. The molecule has 0 spiro atoms. The number of hydrogen-bond acceptors (Lipinski definition) is 5. The maximum atomic E-state index is 10.6. The SMILES string of the molecule is CC(C)N1CNC(=N[N+](=O)[O-])N(Cc2cnc(Cl)s2)C1. The van der Waals surface area contributed by atoms with Gasteiger partial charge in [-0.2, -0.15) is 0 Å². The van der Waals surface area contributed by atoms with Gasteiger partial charge < -0.3 is 10.2 Å². The molecule has 1 fully saturated rings. The predicted molar refractivity (Wildman–Crippen MR) is 76.9 cm³/mol. The second kappa shape index (κ2) is 6.33. The lowest BCUT2D eigenvalue weighted by Crippen LogP contribution is -2.58. The van der Waals surface area contributed by atoms with Gasteiger partial charge in [-0.1, -0.05) is 11.6 Å². The van der Waals surface area contributed by atoms with Crippen molar-refractivity contribution in [1.82, 2.24) is 20.1 Å². The van der Waals surface area contributed by atoms with E-state index in [2.05, 4.69) is 34.1 Å². The molecular formula is C10H15ClN6O2S. The summed E-state index contributed by atoms with van der Waals surface area (Å²) in [6, 6.07) is 0.326. The number of thiazole rings is 1. The number of nitro groups is 1. The minimum Gasteiger partial charge on any atom is -0.338 e. The molecule has 0 aromatic carbocycles. The summed E-state index contributed by atoms with van der Waals surface area (Å²) in [6.07, 6.45) is 1.67. The molecule has 2 rings (SSSR count). The lowest BCUT2D eigenvalue weighted by atomic mass is 10.3. The van der Waals surface area contributed by atoms with Crippen LogP contribution >= 0.6 is 22.9 Å². The Kier molecular flexibility index (Phi) is 4.73. The van der Waals surface area contributed by atoms with Crippen LogP contribution in [0.25, 0.3) is 0 Å². The van der Waals surface area contributed by atoms with Crippen LogP contribution in [0.1, 0.15) is 18.7 Å². The third-order valence-corrected chi connectivity index (χ3v) is 3.97. The Bertz CT molecular complexity index is 520. The van der Waals surface area contributed by atoms with Crippen molar-refractivity contribution >= 4 is 28.9 Å². The summed E-state index contributed by atoms with van der Waals surface area (Å²) in [7, 11) is 0. The number of hydrogen-bond donors (Lipinski definition) is 1. The number of guanidine groups is 1. The zero-order valence-corrected chi connectivity index (χ0v) is 12.7. The molecule has 2 heterocycles. The molecule has 8 nitrogen and oxygen atoms in total. The van der Waals surface area contributed by atoms with Gasteiger partial charge in [0.25, 0.3) is 5.96 Å². The van der Waals surface area contributed by atoms with E-state index in [0.717, 1.165) is 4.88 Å². The zero-order valence-electron chi connectivity index (χ0n) is 11.1. The normalized spacial score (nSPS) is 18.6. The Hall–Kier alpha value is -1.45. The van der Waals surface area contributed by atoms with E-state index < -0.39 is 5.03 Å². The highest BCUT2D eigenvalue weighted by Crippen LogP contribution is 2.20. The lowest BCUT2D eigenvalue weighted by molar-refractivity contribution is -0.486. The molecule has 0 atom stereocenters. The third-order valence-electron chi connectivity index (χ3n) is 2.87. The van der Waals surface area contributed by atoms with Crippen molar-refractivity contribution in [3.8, 4) is 0 Å². The van der Waals surface area contributed by atoms with Gasteiger partial charge in [0.2, 0.25) is 0 Å². The Balaban J connectivity index is 2.15. The fraction of sp³-hybridized carbons (Fsp3) is 0.600. The fourth-order valence-electron chi connectivity index (χ4n) is 1.81. The van der Waals surface area contributed by atoms with Gasteiger partial charge in [-0.25, -0.2) is 15.1 Å². The molecule has 20 heavy (non-hydrogen) atoms. The Labute approximate surface area is 125 Å². The highest BCUT2D eigenvalue weighted by Gasteiger charge is 2.26. The molecule has 110 valence electrons. The van der Waals surface area contributed by atoms with Crippen molar-refractivity contribution in [2.75, 3.05) is 13.3 Å². The summed E-state index contributed by atoms with van der Waals surface area (Å²) in [5.41, 5.74) is 0. The number of halogens is 1. The topological polar surface area (TPSA) is 86.9 Å². The van der Waals surface area contributed by atoms with Crippen LogP contribution in [0.15, 0.2) is 11.3 Å². The summed E-state index contributed by atoms with van der Waals surface area (Å²) in [4.78, 5) is 19.4. The van der Waals surface area contributed by atoms with Gasteiger partial charge in [0.1, 0.15) is 5.10 Å². The third kappa shape index (κ3) is 3.78. The molecule has 10 heteroatoms. The van der Waals surface area contributed by atoms with E-state index in [9.17, 15) is 10.1 Å². The molecule has 1 saturated heterocycles. The van der Waals surface area contributed by atoms with Crippen molar-refractivity contribution < 1.29 is 5.03 Å². The van der Waals surface area contributed by atoms with Gasteiger partial charge in [0, 0.05) is 17.1 Å². The van der Waals surface area contributed by atoms with Gasteiger partial charge in [-0.3, -0.25) is 4.90 Å². The minimum atomic E-state index is -0.694. The van der Waals surface area contributed by atoms with E-state index in [0.29, 0.717) is 30.4 Å². The van der Waals surface area contributed by atoms with E-state index in [1.54, 1.807) is 11.1 Å². The van der Waals surface area contributed by atoms with Crippen LogP contribution in [-0.4, -0.2) is 45.2 Å². The second-order valence-electron chi connectivity index (χ2n) is 4.60. The monoisotopic (exact) mass is 318 g/mol. The summed E-state index contributed by atoms with van der Waals surface area (Å²) in [5, 5.41) is 16.3. The zero-order chi connectivity index (χ0) is 14.7. The van der Waals surface area contributed by atoms with Crippen LogP contribution < -0.4 is 5.32 Å². The van der Waals surface area contributed by atoms with Gasteiger partial charge >= 0.3 is 0 Å². The van der Waals surface area contributed by atoms with Gasteiger partial charge in [0.15, 0.2) is 9.50 Å². The number of nitrogens with zero attached hydrogens (tertiary/aromatic N) is 5. The molecule has 1 aromatic rings. The summed E-state index contributed by atoms with van der Waals surface area (Å²) in [6.45, 7) is 5.71. The standard InChI is InChI=1S/C10H15ClN6O2S/c1-7(2)16-5-13-10(14-17(18)19)15(6-16)4-8-3-12-9(11)20-8/h3,7H,4-6H2,1-2H3,(H,13,14). The fourth-order valence-corrected chi connectivity index (χ4v) is 2.81. The van der Waals surface area contributed by atoms with Crippen molar-refractivity contribution in [3.05, 3.63) is 25.7 Å². The van der Waals surface area contributed by atoms with E-state index in [4.69, 9.17) is 11.6 Å². The van der Waals surface area contributed by atoms with E-state index in [1.165, 1.54) is 11.3 Å². The van der Waals surface area contributed by atoms with Gasteiger partial charge in [0.05, 0.1) is 19.9 Å². The first-order valence-electron chi connectivity index (χ1n) is 6.01. The van der Waals surface area contributed by atoms with Crippen molar-refractivity contribution in [1.29, 1.82) is 0 Å². The second-order valence-corrected chi connectivity index (χ2v) is 6.30. The molecule has 1 N–H and O–H groups in total. The maximum Gasteiger partial charge on any atom is 0.273 e. The number of nitrogens with one attached hydrogen (secondary N) is 1. The maximum absolute atomic E-state index is 10.6. The molecular weight excluding hydrogens is 304 g/mol. The van der Waals surface area contributed by atoms with Crippen molar-refractivity contribution in [3.63, 3.8) is 0 Å². The molecule has 1 aromatic heterocycles. The van der Waals surface area contributed by atoms with Crippen LogP contribution in [0.2, 0.25) is 4.47 Å². The number of aromatic nitrogens is 1. The highest BCUT2D eigenvalue weighted by molar-refractivity contribution is 7.15. The van der Waals surface area contributed by atoms with Crippen LogP contribution in [-0.2, 0) is 6.54 Å². The van der Waals surface area contributed by atoms with E-state index in [-0.39, 0.29) is 5.96 Å². The predicted octanol–water partition coefficient (Wildman–Crippen LogP) is 1.37. The number of rotatable bonds is 4. The lowest BCUT2D eigenvalue weighted by Gasteiger charge is -2.38. The van der Waals surface area contributed by atoms with E-state index in [1.807, 2.05) is 0 Å². The molecule has 0 unspecified atom stereocenters. The highest BCUT2D eigenvalue weighted by atomic mass is 35.5. The van der Waals surface area contributed by atoms with Crippen LogP contribution in [0, 0.1) is 10.1 Å². The molecule has 0 amide bonds. The molecule has 1 aliphatic rings. The van der Waals surface area contributed by atoms with Crippen molar-refractivity contribution in [2.24, 2.45) is 5.10 Å². The van der Waals surface area contributed by atoms with Crippen LogP contribution in [0.5, 0.6) is 0 Å². The van der Waals surface area contributed by atoms with E-state index >= 15 is 0 Å². The van der Waals surface area contributed by atoms with Gasteiger partial charge in [-0.05, 0) is 13.8 Å². The molecule has 1 aliphatic heterocycles.